The van der Waals surface area contributed by atoms with E-state index >= 15 is 0 Å². The van der Waals surface area contributed by atoms with Crippen LogP contribution in [-0.2, 0) is 6.42 Å². The van der Waals surface area contributed by atoms with E-state index in [2.05, 4.69) is 35.6 Å². The number of hydrogen-bond acceptors (Lipinski definition) is 3. The van der Waals surface area contributed by atoms with Gasteiger partial charge in [-0.15, -0.1) is 0 Å². The van der Waals surface area contributed by atoms with Crippen molar-refractivity contribution in [1.29, 1.82) is 0 Å². The minimum atomic E-state index is 0.182. The molecule has 1 saturated heterocycles. The smallest absolute Gasteiger partial charge is 0.137 e. The predicted molar refractivity (Wildman–Crippen MR) is 67.1 cm³/mol. The molecular formula is C12H18ClN3. The zero-order valence-electron chi connectivity index (χ0n) is 10.1. The van der Waals surface area contributed by atoms with E-state index < -0.39 is 0 Å². The van der Waals surface area contributed by atoms with Crippen molar-refractivity contribution < 1.29 is 0 Å². The van der Waals surface area contributed by atoms with Crippen LogP contribution in [0, 0.1) is 0 Å². The summed E-state index contributed by atoms with van der Waals surface area (Å²) in [5.41, 5.74) is 1.25. The largest absolute Gasteiger partial charge is 0.351 e. The van der Waals surface area contributed by atoms with Gasteiger partial charge in [-0.25, -0.2) is 9.97 Å². The van der Waals surface area contributed by atoms with E-state index in [1.54, 1.807) is 6.33 Å². The summed E-state index contributed by atoms with van der Waals surface area (Å²) in [7, 11) is 0. The number of aromatic nitrogens is 2. The molecule has 0 saturated carbocycles. The van der Waals surface area contributed by atoms with Gasteiger partial charge in [0.05, 0.1) is 0 Å². The lowest BCUT2D eigenvalue weighted by Gasteiger charge is -2.33. The molecule has 16 heavy (non-hydrogen) atoms. The summed E-state index contributed by atoms with van der Waals surface area (Å²) in [4.78, 5) is 10.8. The minimum absolute atomic E-state index is 0.182. The highest BCUT2D eigenvalue weighted by Crippen LogP contribution is 2.35. The molecule has 3 nitrogen and oxygen atoms in total. The van der Waals surface area contributed by atoms with E-state index in [9.17, 15) is 0 Å². The molecule has 1 aromatic heterocycles. The number of nitrogens with zero attached hydrogens (tertiary/aromatic N) is 3. The summed E-state index contributed by atoms with van der Waals surface area (Å²) in [6.07, 6.45) is 4.86. The fourth-order valence-corrected chi connectivity index (χ4v) is 2.68. The maximum atomic E-state index is 6.12. The molecule has 0 spiro atoms. The summed E-state index contributed by atoms with van der Waals surface area (Å²) in [5.74, 6) is 1.02. The highest BCUT2D eigenvalue weighted by molar-refractivity contribution is 6.30. The van der Waals surface area contributed by atoms with Crippen LogP contribution < -0.4 is 4.90 Å². The Kier molecular flexibility index (Phi) is 3.06. The lowest BCUT2D eigenvalue weighted by Crippen LogP contribution is -2.39. The van der Waals surface area contributed by atoms with Crippen molar-refractivity contribution in [2.45, 2.75) is 45.6 Å². The summed E-state index contributed by atoms with van der Waals surface area (Å²) in [6.45, 7) is 7.68. The fraction of sp³-hybridized carbons (Fsp3) is 0.667. The van der Waals surface area contributed by atoms with Crippen molar-refractivity contribution in [2.24, 2.45) is 0 Å². The number of anilines is 1. The first-order valence-corrected chi connectivity index (χ1v) is 6.21. The van der Waals surface area contributed by atoms with Crippen molar-refractivity contribution in [2.75, 3.05) is 11.4 Å². The van der Waals surface area contributed by atoms with Gasteiger partial charge in [0, 0.05) is 17.6 Å². The molecule has 2 rings (SSSR count). The Morgan fingerprint density at radius 3 is 2.75 bits per heavy atom. The molecule has 4 heteroatoms. The zero-order valence-corrected chi connectivity index (χ0v) is 10.9. The van der Waals surface area contributed by atoms with Gasteiger partial charge >= 0.3 is 0 Å². The topological polar surface area (TPSA) is 29.0 Å². The summed E-state index contributed by atoms with van der Waals surface area (Å²) in [6, 6.07) is 0. The van der Waals surface area contributed by atoms with Gasteiger partial charge in [0.15, 0.2) is 0 Å². The van der Waals surface area contributed by atoms with Gasteiger partial charge in [-0.3, -0.25) is 0 Å². The van der Waals surface area contributed by atoms with Crippen molar-refractivity contribution in [3.05, 3.63) is 17.0 Å². The van der Waals surface area contributed by atoms with Gasteiger partial charge in [0.25, 0.3) is 0 Å². The third kappa shape index (κ3) is 1.88. The van der Waals surface area contributed by atoms with Crippen LogP contribution in [0.5, 0.6) is 0 Å². The summed E-state index contributed by atoms with van der Waals surface area (Å²) >= 11 is 6.12. The highest BCUT2D eigenvalue weighted by Gasteiger charge is 2.34. The second-order valence-electron chi connectivity index (χ2n) is 4.89. The molecular weight excluding hydrogens is 222 g/mol. The fourth-order valence-electron chi connectivity index (χ4n) is 2.42. The summed E-state index contributed by atoms with van der Waals surface area (Å²) in [5, 5.41) is 0.593. The van der Waals surface area contributed by atoms with Gasteiger partial charge < -0.3 is 4.90 Å². The zero-order chi connectivity index (χ0) is 11.8. The highest BCUT2D eigenvalue weighted by atomic mass is 35.5. The van der Waals surface area contributed by atoms with Gasteiger partial charge in [0.1, 0.15) is 17.3 Å². The second kappa shape index (κ2) is 4.21. The molecule has 1 aliphatic heterocycles. The molecule has 0 atom stereocenters. The van der Waals surface area contributed by atoms with E-state index in [1.165, 1.54) is 12.8 Å². The molecule has 0 aromatic carbocycles. The summed E-state index contributed by atoms with van der Waals surface area (Å²) < 4.78 is 0. The number of halogens is 1. The van der Waals surface area contributed by atoms with Gasteiger partial charge in [0.2, 0.25) is 0 Å². The van der Waals surface area contributed by atoms with Gasteiger partial charge in [-0.05, 0) is 33.1 Å². The third-order valence-electron chi connectivity index (χ3n) is 3.38. The van der Waals surface area contributed by atoms with Crippen molar-refractivity contribution in [3.8, 4) is 0 Å². The number of hydrogen-bond donors (Lipinski definition) is 0. The average Bonchev–Trinajstić information content (AvgIpc) is 2.57. The second-order valence-corrected chi connectivity index (χ2v) is 5.25. The maximum Gasteiger partial charge on any atom is 0.137 e. The maximum absolute atomic E-state index is 6.12. The Morgan fingerprint density at radius 2 is 2.19 bits per heavy atom. The van der Waals surface area contributed by atoms with Crippen LogP contribution in [0.1, 0.15) is 39.2 Å². The molecule has 0 amide bonds. The predicted octanol–water partition coefficient (Wildman–Crippen LogP) is 3.07. The van der Waals surface area contributed by atoms with E-state index in [4.69, 9.17) is 11.6 Å². The Labute approximate surface area is 102 Å². The van der Waals surface area contributed by atoms with Crippen LogP contribution in [0.3, 0.4) is 0 Å². The van der Waals surface area contributed by atoms with Crippen LogP contribution in [0.2, 0.25) is 5.15 Å². The monoisotopic (exact) mass is 239 g/mol. The molecule has 0 unspecified atom stereocenters. The Morgan fingerprint density at radius 1 is 1.44 bits per heavy atom. The minimum Gasteiger partial charge on any atom is -0.351 e. The standard InChI is InChI=1S/C12H18ClN3/c1-4-9-10(13)14-8-15-11(9)16-7-5-6-12(16,2)3/h8H,4-7H2,1-3H3. The van der Waals surface area contributed by atoms with Crippen LogP contribution >= 0.6 is 11.6 Å². The normalized spacial score (nSPS) is 19.1. The molecule has 0 N–H and O–H groups in total. The lowest BCUT2D eigenvalue weighted by molar-refractivity contribution is 0.512. The molecule has 1 aromatic rings. The van der Waals surface area contributed by atoms with E-state index in [1.807, 2.05) is 0 Å². The van der Waals surface area contributed by atoms with Crippen molar-refractivity contribution >= 4 is 17.4 Å². The van der Waals surface area contributed by atoms with Crippen LogP contribution in [0.25, 0.3) is 0 Å². The van der Waals surface area contributed by atoms with Crippen LogP contribution in [0.4, 0.5) is 5.82 Å². The first kappa shape index (κ1) is 11.6. The molecule has 88 valence electrons. The van der Waals surface area contributed by atoms with Crippen LogP contribution in [0.15, 0.2) is 6.33 Å². The molecule has 0 bridgehead atoms. The first-order chi connectivity index (χ1) is 7.56. The molecule has 1 fully saturated rings. The Balaban J connectivity index is 2.44. The van der Waals surface area contributed by atoms with E-state index in [0.717, 1.165) is 24.3 Å². The Hall–Kier alpha value is -0.830. The molecule has 2 heterocycles. The van der Waals surface area contributed by atoms with Crippen molar-refractivity contribution in [3.63, 3.8) is 0 Å². The molecule has 1 aliphatic rings. The average molecular weight is 240 g/mol. The molecule has 0 aliphatic carbocycles. The van der Waals surface area contributed by atoms with Gasteiger partial charge in [-0.2, -0.15) is 0 Å². The quantitative estimate of drug-likeness (QED) is 0.743. The van der Waals surface area contributed by atoms with E-state index in [-0.39, 0.29) is 5.54 Å². The SMILES string of the molecule is CCc1c(Cl)ncnc1N1CCCC1(C)C. The van der Waals surface area contributed by atoms with Crippen molar-refractivity contribution in [1.82, 2.24) is 9.97 Å². The Bertz CT molecular complexity index is 390. The first-order valence-electron chi connectivity index (χ1n) is 5.83. The third-order valence-corrected chi connectivity index (χ3v) is 3.71. The van der Waals surface area contributed by atoms with Gasteiger partial charge in [-0.1, -0.05) is 18.5 Å². The lowest BCUT2D eigenvalue weighted by atomic mass is 10.0. The molecule has 0 radical (unpaired) electrons. The van der Waals surface area contributed by atoms with Crippen LogP contribution in [-0.4, -0.2) is 22.1 Å². The van der Waals surface area contributed by atoms with E-state index in [0.29, 0.717) is 5.15 Å². The number of rotatable bonds is 2.